The van der Waals surface area contributed by atoms with Crippen molar-refractivity contribution < 1.29 is 19.1 Å². The third-order valence-corrected chi connectivity index (χ3v) is 5.74. The van der Waals surface area contributed by atoms with Gasteiger partial charge in [-0.15, -0.1) is 0 Å². The molecule has 1 N–H and O–H groups in total. The molecule has 0 atom stereocenters. The Labute approximate surface area is 167 Å². The molecular weight excluding hydrogens is 354 g/mol. The van der Waals surface area contributed by atoms with Crippen LogP contribution < -0.4 is 0 Å². The second-order valence-corrected chi connectivity index (χ2v) is 7.64. The van der Waals surface area contributed by atoms with Crippen LogP contribution in [0.15, 0.2) is 46.9 Å². The normalized spacial score (nSPS) is 16.8. The van der Waals surface area contributed by atoms with Crippen LogP contribution in [0.1, 0.15) is 49.7 Å². The van der Waals surface area contributed by atoms with Crippen LogP contribution in [0.3, 0.4) is 0 Å². The van der Waals surface area contributed by atoms with Crippen LogP contribution in [0.25, 0.3) is 0 Å². The summed E-state index contributed by atoms with van der Waals surface area (Å²) in [6.07, 6.45) is 4.47. The molecule has 0 saturated carbocycles. The Balaban J connectivity index is 1.57. The van der Waals surface area contributed by atoms with E-state index >= 15 is 0 Å². The van der Waals surface area contributed by atoms with E-state index in [0.29, 0.717) is 18.9 Å². The molecule has 0 amide bonds. The fraction of sp³-hybridized carbons (Fsp3) is 0.522. The van der Waals surface area contributed by atoms with E-state index < -0.39 is 0 Å². The van der Waals surface area contributed by atoms with Gasteiger partial charge in [0.25, 0.3) is 0 Å². The number of benzene rings is 1. The van der Waals surface area contributed by atoms with Crippen LogP contribution >= 0.6 is 0 Å². The first-order valence-electron chi connectivity index (χ1n) is 10.3. The smallest absolute Gasteiger partial charge is 0.312 e. The number of carbonyl (C=O) groups is 1. The molecule has 1 aromatic heterocycles. The van der Waals surface area contributed by atoms with Crippen LogP contribution in [0.4, 0.5) is 0 Å². The van der Waals surface area contributed by atoms with Crippen molar-refractivity contribution in [2.75, 3.05) is 19.7 Å². The minimum Gasteiger partial charge on any atom is -0.466 e. The number of likely N-dealkylation sites (tertiary alicyclic amines) is 1. The Kier molecular flexibility index (Phi) is 7.29. The average Bonchev–Trinajstić information content (AvgIpc) is 3.18. The largest absolute Gasteiger partial charge is 0.466 e. The number of hydrogen-bond donors (Lipinski definition) is 1. The Morgan fingerprint density at radius 3 is 2.50 bits per heavy atom. The van der Waals surface area contributed by atoms with Crippen molar-refractivity contribution in [3.63, 3.8) is 0 Å². The van der Waals surface area contributed by atoms with Crippen LogP contribution in [0.2, 0.25) is 0 Å². The molecule has 2 aromatic rings. The standard InChI is InChI=1S/C23H31NO4/c1-2-27-22(26)23(12-6-9-19-7-4-3-5-8-19)13-15-24(16-14-23)17-20-10-11-21(18-25)28-20/h3-5,7-8,10-11,25H,2,6,9,12-18H2,1H3. The highest BCUT2D eigenvalue weighted by Gasteiger charge is 2.42. The first-order chi connectivity index (χ1) is 13.6. The predicted molar refractivity (Wildman–Crippen MR) is 108 cm³/mol. The molecule has 1 fully saturated rings. The number of rotatable bonds is 9. The van der Waals surface area contributed by atoms with Gasteiger partial charge in [0.2, 0.25) is 0 Å². The summed E-state index contributed by atoms with van der Waals surface area (Å²) in [6.45, 7) is 4.63. The monoisotopic (exact) mass is 385 g/mol. The van der Waals surface area contributed by atoms with E-state index in [4.69, 9.17) is 14.3 Å². The van der Waals surface area contributed by atoms with Crippen molar-refractivity contribution in [2.45, 2.75) is 52.2 Å². The van der Waals surface area contributed by atoms with Crippen LogP contribution in [-0.4, -0.2) is 35.7 Å². The molecule has 28 heavy (non-hydrogen) atoms. The molecule has 0 aliphatic carbocycles. The molecule has 0 unspecified atom stereocenters. The summed E-state index contributed by atoms with van der Waals surface area (Å²) in [4.78, 5) is 15.1. The predicted octanol–water partition coefficient (Wildman–Crippen LogP) is 3.94. The van der Waals surface area contributed by atoms with Crippen molar-refractivity contribution >= 4 is 5.97 Å². The highest BCUT2D eigenvalue weighted by atomic mass is 16.5. The number of aliphatic hydroxyl groups is 1. The molecule has 2 heterocycles. The van der Waals surface area contributed by atoms with E-state index in [-0.39, 0.29) is 18.0 Å². The molecule has 1 aliphatic heterocycles. The van der Waals surface area contributed by atoms with Gasteiger partial charge in [-0.1, -0.05) is 30.3 Å². The SMILES string of the molecule is CCOC(=O)C1(CCCc2ccccc2)CCN(Cc2ccc(CO)o2)CC1. The molecular formula is C23H31NO4. The fourth-order valence-corrected chi connectivity index (χ4v) is 4.07. The third kappa shape index (κ3) is 5.24. The Morgan fingerprint density at radius 2 is 1.86 bits per heavy atom. The molecule has 1 aliphatic rings. The van der Waals surface area contributed by atoms with Gasteiger partial charge in [-0.25, -0.2) is 0 Å². The number of carbonyl (C=O) groups excluding carboxylic acids is 1. The van der Waals surface area contributed by atoms with Crippen molar-refractivity contribution in [2.24, 2.45) is 5.41 Å². The van der Waals surface area contributed by atoms with Gasteiger partial charge in [0, 0.05) is 0 Å². The maximum atomic E-state index is 12.8. The lowest BCUT2D eigenvalue weighted by molar-refractivity contribution is -0.159. The van der Waals surface area contributed by atoms with E-state index in [9.17, 15) is 4.79 Å². The Hall–Kier alpha value is -2.11. The quantitative estimate of drug-likeness (QED) is 0.663. The molecule has 0 radical (unpaired) electrons. The number of aliphatic hydroxyl groups excluding tert-OH is 1. The van der Waals surface area contributed by atoms with E-state index in [2.05, 4.69) is 29.2 Å². The molecule has 5 nitrogen and oxygen atoms in total. The van der Waals surface area contributed by atoms with E-state index in [1.54, 1.807) is 0 Å². The zero-order chi connectivity index (χ0) is 19.8. The van der Waals surface area contributed by atoms with Crippen LogP contribution in [-0.2, 0) is 29.1 Å². The number of piperidine rings is 1. The van der Waals surface area contributed by atoms with Gasteiger partial charge in [-0.05, 0) is 69.8 Å². The summed E-state index contributed by atoms with van der Waals surface area (Å²) in [5.74, 6) is 1.41. The van der Waals surface area contributed by atoms with E-state index in [0.717, 1.165) is 51.0 Å². The highest BCUT2D eigenvalue weighted by molar-refractivity contribution is 5.77. The highest BCUT2D eigenvalue weighted by Crippen LogP contribution is 2.38. The number of furan rings is 1. The summed E-state index contributed by atoms with van der Waals surface area (Å²) in [5, 5.41) is 9.14. The number of nitrogens with zero attached hydrogens (tertiary/aromatic N) is 1. The summed E-state index contributed by atoms with van der Waals surface area (Å²) in [6, 6.07) is 14.2. The van der Waals surface area contributed by atoms with Gasteiger partial charge in [-0.2, -0.15) is 0 Å². The van der Waals surface area contributed by atoms with Gasteiger partial charge in [0.15, 0.2) is 0 Å². The van der Waals surface area contributed by atoms with Crippen LogP contribution in [0.5, 0.6) is 0 Å². The maximum Gasteiger partial charge on any atom is 0.312 e. The van der Waals surface area contributed by atoms with Crippen molar-refractivity contribution in [1.82, 2.24) is 4.90 Å². The number of esters is 1. The molecule has 1 aromatic carbocycles. The Morgan fingerprint density at radius 1 is 1.14 bits per heavy atom. The van der Waals surface area contributed by atoms with Crippen molar-refractivity contribution in [1.29, 1.82) is 0 Å². The molecule has 0 bridgehead atoms. The lowest BCUT2D eigenvalue weighted by Crippen LogP contribution is -2.45. The number of hydrogen-bond acceptors (Lipinski definition) is 5. The van der Waals surface area contributed by atoms with Crippen LogP contribution in [0, 0.1) is 5.41 Å². The second kappa shape index (κ2) is 9.89. The first kappa shape index (κ1) is 20.6. The maximum absolute atomic E-state index is 12.8. The van der Waals surface area contributed by atoms with Gasteiger partial charge < -0.3 is 14.3 Å². The van der Waals surface area contributed by atoms with E-state index in [1.165, 1.54) is 5.56 Å². The molecule has 152 valence electrons. The summed E-state index contributed by atoms with van der Waals surface area (Å²) < 4.78 is 11.1. The van der Waals surface area contributed by atoms with Gasteiger partial charge >= 0.3 is 5.97 Å². The fourth-order valence-electron chi connectivity index (χ4n) is 4.07. The topological polar surface area (TPSA) is 62.9 Å². The third-order valence-electron chi connectivity index (χ3n) is 5.74. The lowest BCUT2D eigenvalue weighted by Gasteiger charge is -2.39. The Bertz CT molecular complexity index is 732. The summed E-state index contributed by atoms with van der Waals surface area (Å²) >= 11 is 0. The minimum atomic E-state index is -0.374. The first-order valence-corrected chi connectivity index (χ1v) is 10.3. The molecule has 3 rings (SSSR count). The zero-order valence-corrected chi connectivity index (χ0v) is 16.7. The van der Waals surface area contributed by atoms with Crippen molar-refractivity contribution in [3.8, 4) is 0 Å². The van der Waals surface area contributed by atoms with Crippen molar-refractivity contribution in [3.05, 3.63) is 59.5 Å². The second-order valence-electron chi connectivity index (χ2n) is 7.64. The number of aryl methyl sites for hydroxylation is 1. The van der Waals surface area contributed by atoms with Gasteiger partial charge in [-0.3, -0.25) is 9.69 Å². The molecule has 5 heteroatoms. The minimum absolute atomic E-state index is 0.0386. The van der Waals surface area contributed by atoms with Gasteiger partial charge in [0.1, 0.15) is 18.1 Å². The lowest BCUT2D eigenvalue weighted by atomic mass is 9.74. The average molecular weight is 386 g/mol. The summed E-state index contributed by atoms with van der Waals surface area (Å²) in [5.41, 5.74) is 0.942. The zero-order valence-electron chi connectivity index (χ0n) is 16.7. The van der Waals surface area contributed by atoms with Gasteiger partial charge in [0.05, 0.1) is 18.6 Å². The molecule has 1 saturated heterocycles. The van der Waals surface area contributed by atoms with E-state index in [1.807, 2.05) is 25.1 Å². The molecule has 0 spiro atoms. The summed E-state index contributed by atoms with van der Waals surface area (Å²) in [7, 11) is 0. The number of ether oxygens (including phenoxy) is 1.